The lowest BCUT2D eigenvalue weighted by Gasteiger charge is -2.11. The largest absolute Gasteiger partial charge is 0.497 e. The second-order valence-corrected chi connectivity index (χ2v) is 7.41. The van der Waals surface area contributed by atoms with E-state index < -0.39 is 0 Å². The van der Waals surface area contributed by atoms with Crippen molar-refractivity contribution in [3.8, 4) is 17.2 Å². The molecule has 0 spiro atoms. The second-order valence-electron chi connectivity index (χ2n) is 6.47. The van der Waals surface area contributed by atoms with E-state index in [4.69, 9.17) is 14.2 Å². The van der Waals surface area contributed by atoms with E-state index in [-0.39, 0.29) is 18.3 Å². The smallest absolute Gasteiger partial charge is 0.234 e. The number of nitrogens with zero attached hydrogens (tertiary/aromatic N) is 3. The van der Waals surface area contributed by atoms with Crippen molar-refractivity contribution in [3.05, 3.63) is 53.9 Å². The summed E-state index contributed by atoms with van der Waals surface area (Å²) in [6.07, 6.45) is 0. The van der Waals surface area contributed by atoms with Crippen LogP contribution < -0.4 is 19.5 Å². The minimum Gasteiger partial charge on any atom is -0.497 e. The number of aromatic nitrogens is 3. The van der Waals surface area contributed by atoms with Gasteiger partial charge >= 0.3 is 0 Å². The van der Waals surface area contributed by atoms with E-state index in [9.17, 15) is 4.79 Å². The van der Waals surface area contributed by atoms with Crippen LogP contribution in [-0.2, 0) is 18.4 Å². The summed E-state index contributed by atoms with van der Waals surface area (Å²) in [6, 6.07) is 12.9. The second kappa shape index (κ2) is 10.0. The van der Waals surface area contributed by atoms with Crippen molar-refractivity contribution in [3.63, 3.8) is 0 Å². The Morgan fingerprint density at radius 1 is 1.07 bits per heavy atom. The number of thioether (sulfide) groups is 1. The molecule has 0 saturated heterocycles. The zero-order chi connectivity index (χ0) is 21.5. The first-order valence-corrected chi connectivity index (χ1v) is 10.2. The van der Waals surface area contributed by atoms with Crippen molar-refractivity contribution in [1.82, 2.24) is 14.8 Å². The molecule has 30 heavy (non-hydrogen) atoms. The average Bonchev–Trinajstić information content (AvgIpc) is 3.11. The third kappa shape index (κ3) is 5.44. The van der Waals surface area contributed by atoms with Crippen molar-refractivity contribution < 1.29 is 19.0 Å². The molecule has 9 heteroatoms. The topological polar surface area (TPSA) is 87.5 Å². The summed E-state index contributed by atoms with van der Waals surface area (Å²) < 4.78 is 18.1. The number of nitrogens with one attached hydrogen (secondary N) is 1. The van der Waals surface area contributed by atoms with Crippen LogP contribution in [-0.4, -0.2) is 40.6 Å². The first kappa shape index (κ1) is 21.5. The number of benzene rings is 2. The third-order valence-electron chi connectivity index (χ3n) is 4.31. The van der Waals surface area contributed by atoms with E-state index in [1.165, 1.54) is 11.8 Å². The number of methoxy groups -OCH3 is 2. The Balaban J connectivity index is 1.54. The van der Waals surface area contributed by atoms with Crippen LogP contribution in [0.1, 0.15) is 11.4 Å². The predicted octanol–water partition coefficient (Wildman–Crippen LogP) is 3.45. The zero-order valence-electron chi connectivity index (χ0n) is 17.3. The molecule has 1 heterocycles. The Hall–Kier alpha value is -3.20. The monoisotopic (exact) mass is 428 g/mol. The number of rotatable bonds is 9. The first-order chi connectivity index (χ1) is 14.5. The highest BCUT2D eigenvalue weighted by molar-refractivity contribution is 7.99. The summed E-state index contributed by atoms with van der Waals surface area (Å²) in [6.45, 7) is 2.23. The number of aryl methyl sites for hydroxylation is 1. The molecule has 0 fully saturated rings. The Morgan fingerprint density at radius 3 is 2.53 bits per heavy atom. The molecule has 0 saturated carbocycles. The SMILES string of the molecule is COc1ccc(NC(=O)CSc2nnc(COc3ccc(C)cc3OC)n2C)cc1. The molecule has 2 aromatic carbocycles. The molecule has 0 radical (unpaired) electrons. The maximum absolute atomic E-state index is 12.2. The van der Waals surface area contributed by atoms with Gasteiger partial charge in [-0.05, 0) is 48.9 Å². The lowest BCUT2D eigenvalue weighted by atomic mass is 10.2. The van der Waals surface area contributed by atoms with Gasteiger partial charge in [-0.3, -0.25) is 4.79 Å². The molecule has 3 rings (SSSR count). The zero-order valence-corrected chi connectivity index (χ0v) is 18.2. The lowest BCUT2D eigenvalue weighted by molar-refractivity contribution is -0.113. The molecule has 0 unspecified atom stereocenters. The molecule has 158 valence electrons. The fourth-order valence-electron chi connectivity index (χ4n) is 2.63. The quantitative estimate of drug-likeness (QED) is 0.522. The van der Waals surface area contributed by atoms with Crippen LogP contribution in [0.4, 0.5) is 5.69 Å². The van der Waals surface area contributed by atoms with Crippen LogP contribution >= 0.6 is 11.8 Å². The minimum absolute atomic E-state index is 0.129. The van der Waals surface area contributed by atoms with Crippen LogP contribution in [0.3, 0.4) is 0 Å². The van der Waals surface area contributed by atoms with Gasteiger partial charge in [-0.15, -0.1) is 10.2 Å². The highest BCUT2D eigenvalue weighted by atomic mass is 32.2. The van der Waals surface area contributed by atoms with E-state index in [0.29, 0.717) is 28.2 Å². The standard InChI is InChI=1S/C21H24N4O4S/c1-14-5-10-17(18(11-14)28-4)29-12-19-23-24-21(25(19)2)30-13-20(26)22-15-6-8-16(27-3)9-7-15/h5-11H,12-13H2,1-4H3,(H,22,26). The molecule has 0 aliphatic rings. The van der Waals surface area contributed by atoms with Gasteiger partial charge in [0, 0.05) is 12.7 Å². The highest BCUT2D eigenvalue weighted by Crippen LogP contribution is 2.28. The lowest BCUT2D eigenvalue weighted by Crippen LogP contribution is -2.14. The van der Waals surface area contributed by atoms with E-state index >= 15 is 0 Å². The van der Waals surface area contributed by atoms with Crippen LogP contribution in [0, 0.1) is 6.92 Å². The molecule has 0 aliphatic heterocycles. The van der Waals surface area contributed by atoms with Crippen LogP contribution in [0.2, 0.25) is 0 Å². The fourth-order valence-corrected chi connectivity index (χ4v) is 3.36. The number of hydrogen-bond acceptors (Lipinski definition) is 7. The number of amides is 1. The van der Waals surface area contributed by atoms with Gasteiger partial charge < -0.3 is 24.1 Å². The first-order valence-electron chi connectivity index (χ1n) is 9.22. The predicted molar refractivity (Wildman–Crippen MR) is 115 cm³/mol. The fraction of sp³-hybridized carbons (Fsp3) is 0.286. The number of anilines is 1. The van der Waals surface area contributed by atoms with E-state index in [1.54, 1.807) is 38.5 Å². The molecular weight excluding hydrogens is 404 g/mol. The number of carbonyl (C=O) groups is 1. The molecule has 1 aromatic heterocycles. The Morgan fingerprint density at radius 2 is 1.83 bits per heavy atom. The molecule has 0 bridgehead atoms. The summed E-state index contributed by atoms with van der Waals surface area (Å²) in [5, 5.41) is 11.8. The summed E-state index contributed by atoms with van der Waals surface area (Å²) in [5.41, 5.74) is 1.80. The Labute approximate surface area is 179 Å². The Kier molecular flexibility index (Phi) is 7.18. The van der Waals surface area contributed by atoms with Gasteiger partial charge in [0.25, 0.3) is 0 Å². The molecule has 0 aliphatic carbocycles. The molecule has 1 amide bonds. The molecule has 8 nitrogen and oxygen atoms in total. The summed E-state index contributed by atoms with van der Waals surface area (Å²) in [4.78, 5) is 12.2. The van der Waals surface area contributed by atoms with Gasteiger partial charge in [-0.25, -0.2) is 0 Å². The van der Waals surface area contributed by atoms with E-state index in [0.717, 1.165) is 11.3 Å². The molecule has 3 aromatic rings. The van der Waals surface area contributed by atoms with Crippen LogP contribution in [0.5, 0.6) is 17.2 Å². The minimum atomic E-state index is -0.129. The maximum Gasteiger partial charge on any atom is 0.234 e. The van der Waals surface area contributed by atoms with Gasteiger partial charge in [-0.2, -0.15) is 0 Å². The van der Waals surface area contributed by atoms with E-state index in [1.807, 2.05) is 36.7 Å². The van der Waals surface area contributed by atoms with Gasteiger partial charge in [0.05, 0.1) is 20.0 Å². The van der Waals surface area contributed by atoms with Crippen molar-refractivity contribution in [1.29, 1.82) is 0 Å². The summed E-state index contributed by atoms with van der Waals surface area (Å²) in [5.74, 6) is 2.77. The molecule has 0 atom stereocenters. The van der Waals surface area contributed by atoms with Gasteiger partial charge in [0.2, 0.25) is 5.91 Å². The van der Waals surface area contributed by atoms with Gasteiger partial charge in [-0.1, -0.05) is 17.8 Å². The summed E-state index contributed by atoms with van der Waals surface area (Å²) >= 11 is 1.31. The van der Waals surface area contributed by atoms with Gasteiger partial charge in [0.15, 0.2) is 22.5 Å². The van der Waals surface area contributed by atoms with Crippen molar-refractivity contribution in [2.45, 2.75) is 18.7 Å². The van der Waals surface area contributed by atoms with Crippen molar-refractivity contribution in [2.75, 3.05) is 25.3 Å². The van der Waals surface area contributed by atoms with Crippen LogP contribution in [0.15, 0.2) is 47.6 Å². The Bertz CT molecular complexity index is 1000. The third-order valence-corrected chi connectivity index (χ3v) is 5.33. The number of hydrogen-bond donors (Lipinski definition) is 1. The van der Waals surface area contributed by atoms with Gasteiger partial charge in [0.1, 0.15) is 12.4 Å². The van der Waals surface area contributed by atoms with E-state index in [2.05, 4.69) is 15.5 Å². The van der Waals surface area contributed by atoms with Crippen molar-refractivity contribution in [2.24, 2.45) is 7.05 Å². The molecular formula is C21H24N4O4S. The average molecular weight is 429 g/mol. The highest BCUT2D eigenvalue weighted by Gasteiger charge is 2.13. The number of ether oxygens (including phenoxy) is 3. The summed E-state index contributed by atoms with van der Waals surface area (Å²) in [7, 11) is 5.05. The van der Waals surface area contributed by atoms with Crippen molar-refractivity contribution >= 4 is 23.4 Å². The molecule has 1 N–H and O–H groups in total. The number of carbonyl (C=O) groups excluding carboxylic acids is 1. The maximum atomic E-state index is 12.2. The van der Waals surface area contributed by atoms with Crippen LogP contribution in [0.25, 0.3) is 0 Å². The normalized spacial score (nSPS) is 10.5.